The van der Waals surface area contributed by atoms with Crippen LogP contribution >= 0.6 is 0 Å². The van der Waals surface area contributed by atoms with E-state index in [9.17, 15) is 14.7 Å². The molecule has 0 spiro atoms. The summed E-state index contributed by atoms with van der Waals surface area (Å²) >= 11 is 0. The summed E-state index contributed by atoms with van der Waals surface area (Å²) in [6.45, 7) is 0.784. The lowest BCUT2D eigenvalue weighted by atomic mass is 9.80. The van der Waals surface area contributed by atoms with Gasteiger partial charge in [-0.3, -0.25) is 9.59 Å². The van der Waals surface area contributed by atoms with Gasteiger partial charge in [-0.05, 0) is 25.0 Å². The van der Waals surface area contributed by atoms with Crippen LogP contribution in [0.2, 0.25) is 0 Å². The fraction of sp³-hybridized carbons (Fsp3) is 0.500. The van der Waals surface area contributed by atoms with Crippen LogP contribution in [0.4, 0.5) is 0 Å². The van der Waals surface area contributed by atoms with Gasteiger partial charge in [0.05, 0.1) is 19.6 Å². The minimum Gasteiger partial charge on any atom is -0.496 e. The predicted octanol–water partition coefficient (Wildman–Crippen LogP) is 1.31. The van der Waals surface area contributed by atoms with E-state index in [4.69, 9.17) is 14.2 Å². The van der Waals surface area contributed by atoms with E-state index in [1.807, 2.05) is 0 Å². The van der Waals surface area contributed by atoms with Crippen molar-refractivity contribution in [3.8, 4) is 11.5 Å². The third-order valence-corrected chi connectivity index (χ3v) is 4.15. The Balaban J connectivity index is 2.17. The quantitative estimate of drug-likeness (QED) is 0.820. The number of carboxylic acids is 1. The minimum absolute atomic E-state index is 0.0335. The number of carbonyl (C=O) groups excluding carboxylic acids is 1. The van der Waals surface area contributed by atoms with Crippen molar-refractivity contribution >= 4 is 11.9 Å². The smallest absolute Gasteiger partial charge is 0.311 e. The van der Waals surface area contributed by atoms with E-state index in [2.05, 4.69) is 5.32 Å². The zero-order valence-corrected chi connectivity index (χ0v) is 13.3. The van der Waals surface area contributed by atoms with Gasteiger partial charge >= 0.3 is 5.97 Å². The maximum atomic E-state index is 12.5. The number of aliphatic carboxylic acids is 1. The number of hydrogen-bond acceptors (Lipinski definition) is 5. The highest BCUT2D eigenvalue weighted by molar-refractivity contribution is 6.00. The van der Waals surface area contributed by atoms with Gasteiger partial charge in [-0.1, -0.05) is 6.07 Å². The van der Waals surface area contributed by atoms with Gasteiger partial charge in [0, 0.05) is 19.8 Å². The molecule has 1 aliphatic rings. The molecule has 1 aromatic carbocycles. The second kappa shape index (κ2) is 7.32. The molecule has 7 heteroatoms. The van der Waals surface area contributed by atoms with Gasteiger partial charge in [-0.25, -0.2) is 0 Å². The summed E-state index contributed by atoms with van der Waals surface area (Å²) in [4.78, 5) is 24.1. The molecule has 1 heterocycles. The van der Waals surface area contributed by atoms with E-state index in [0.29, 0.717) is 37.6 Å². The second-order valence-electron chi connectivity index (χ2n) is 5.42. The molecular formula is C16H21NO6. The number of carboxylic acid groups (broad SMARTS) is 1. The monoisotopic (exact) mass is 323 g/mol. The lowest BCUT2D eigenvalue weighted by Gasteiger charge is -2.33. The summed E-state index contributed by atoms with van der Waals surface area (Å²) in [5.74, 6) is -0.601. The number of rotatable bonds is 6. The number of methoxy groups -OCH3 is 2. The SMILES string of the molecule is COc1cccc(OC)c1C(=O)NCC1(C(=O)O)CCOCC1. The zero-order valence-electron chi connectivity index (χ0n) is 13.3. The Morgan fingerprint density at radius 3 is 2.26 bits per heavy atom. The Labute approximate surface area is 134 Å². The van der Waals surface area contributed by atoms with Gasteiger partial charge < -0.3 is 24.6 Å². The maximum Gasteiger partial charge on any atom is 0.311 e. The molecule has 0 bridgehead atoms. The van der Waals surface area contributed by atoms with E-state index < -0.39 is 17.3 Å². The molecule has 1 saturated heterocycles. The summed E-state index contributed by atoms with van der Waals surface area (Å²) in [5, 5.41) is 12.2. The molecule has 1 amide bonds. The molecule has 23 heavy (non-hydrogen) atoms. The molecule has 1 aromatic rings. The maximum absolute atomic E-state index is 12.5. The molecule has 1 fully saturated rings. The number of benzene rings is 1. The van der Waals surface area contributed by atoms with Crippen LogP contribution in [0.25, 0.3) is 0 Å². The Kier molecular flexibility index (Phi) is 5.44. The Hall–Kier alpha value is -2.28. The van der Waals surface area contributed by atoms with Gasteiger partial charge in [-0.2, -0.15) is 0 Å². The molecule has 1 aliphatic heterocycles. The lowest BCUT2D eigenvalue weighted by molar-refractivity contribution is -0.154. The van der Waals surface area contributed by atoms with Crippen LogP contribution in [0.15, 0.2) is 18.2 Å². The standard InChI is InChI=1S/C16H21NO6/c1-21-11-4-3-5-12(22-2)13(11)14(18)17-10-16(15(19)20)6-8-23-9-7-16/h3-5H,6-10H2,1-2H3,(H,17,18)(H,19,20). The molecule has 2 rings (SSSR count). The highest BCUT2D eigenvalue weighted by atomic mass is 16.5. The molecule has 0 saturated carbocycles. The molecule has 0 aliphatic carbocycles. The third kappa shape index (κ3) is 3.56. The van der Waals surface area contributed by atoms with E-state index in [1.165, 1.54) is 14.2 Å². The fourth-order valence-corrected chi connectivity index (χ4v) is 2.64. The van der Waals surface area contributed by atoms with Crippen molar-refractivity contribution in [3.05, 3.63) is 23.8 Å². The number of carbonyl (C=O) groups is 2. The Morgan fingerprint density at radius 1 is 1.22 bits per heavy atom. The lowest BCUT2D eigenvalue weighted by Crippen LogP contribution is -2.46. The first kappa shape index (κ1) is 17.1. The van der Waals surface area contributed by atoms with E-state index in [-0.39, 0.29) is 12.1 Å². The van der Waals surface area contributed by atoms with Crippen molar-refractivity contribution in [3.63, 3.8) is 0 Å². The van der Waals surface area contributed by atoms with Crippen LogP contribution < -0.4 is 14.8 Å². The number of hydrogen-bond donors (Lipinski definition) is 2. The van der Waals surface area contributed by atoms with Crippen LogP contribution in [0.3, 0.4) is 0 Å². The van der Waals surface area contributed by atoms with Gasteiger partial charge in [0.1, 0.15) is 17.1 Å². The first-order chi connectivity index (χ1) is 11.0. The first-order valence-electron chi connectivity index (χ1n) is 7.34. The molecule has 0 atom stereocenters. The number of amides is 1. The Bertz CT molecular complexity index is 558. The molecular weight excluding hydrogens is 302 g/mol. The molecule has 2 N–H and O–H groups in total. The molecule has 0 unspecified atom stereocenters. The summed E-state index contributed by atoms with van der Waals surface area (Å²) in [5.41, 5.74) is -0.742. The van der Waals surface area contributed by atoms with E-state index in [0.717, 1.165) is 0 Å². The topological polar surface area (TPSA) is 94.1 Å². The average Bonchev–Trinajstić information content (AvgIpc) is 2.59. The fourth-order valence-electron chi connectivity index (χ4n) is 2.64. The average molecular weight is 323 g/mol. The van der Waals surface area contributed by atoms with E-state index >= 15 is 0 Å². The van der Waals surface area contributed by atoms with E-state index in [1.54, 1.807) is 18.2 Å². The van der Waals surface area contributed by atoms with Crippen molar-refractivity contribution in [2.24, 2.45) is 5.41 Å². The van der Waals surface area contributed by atoms with Crippen molar-refractivity contribution in [2.75, 3.05) is 34.0 Å². The van der Waals surface area contributed by atoms with Gasteiger partial charge in [0.15, 0.2) is 0 Å². The predicted molar refractivity (Wildman–Crippen MR) is 82.0 cm³/mol. The van der Waals surface area contributed by atoms with Crippen LogP contribution in [0.1, 0.15) is 23.2 Å². The molecule has 7 nitrogen and oxygen atoms in total. The van der Waals surface area contributed by atoms with Gasteiger partial charge in [0.2, 0.25) is 0 Å². The first-order valence-corrected chi connectivity index (χ1v) is 7.34. The van der Waals surface area contributed by atoms with Crippen molar-refractivity contribution in [1.82, 2.24) is 5.32 Å². The van der Waals surface area contributed by atoms with Gasteiger partial charge in [0.25, 0.3) is 5.91 Å². The number of ether oxygens (including phenoxy) is 3. The zero-order chi connectivity index (χ0) is 16.9. The Morgan fingerprint density at radius 2 is 1.78 bits per heavy atom. The summed E-state index contributed by atoms with van der Waals surface area (Å²) in [6.07, 6.45) is 0.733. The molecule has 0 radical (unpaired) electrons. The van der Waals surface area contributed by atoms with Crippen LogP contribution in [-0.4, -0.2) is 51.0 Å². The van der Waals surface area contributed by atoms with Crippen LogP contribution in [0.5, 0.6) is 11.5 Å². The molecule has 126 valence electrons. The van der Waals surface area contributed by atoms with Gasteiger partial charge in [-0.15, -0.1) is 0 Å². The second-order valence-corrected chi connectivity index (χ2v) is 5.42. The normalized spacial score (nSPS) is 16.4. The van der Waals surface area contributed by atoms with Crippen molar-refractivity contribution in [2.45, 2.75) is 12.8 Å². The van der Waals surface area contributed by atoms with Crippen molar-refractivity contribution < 1.29 is 28.9 Å². The van der Waals surface area contributed by atoms with Crippen LogP contribution in [0, 0.1) is 5.41 Å². The highest BCUT2D eigenvalue weighted by Crippen LogP contribution is 2.31. The van der Waals surface area contributed by atoms with Crippen molar-refractivity contribution in [1.29, 1.82) is 0 Å². The third-order valence-electron chi connectivity index (χ3n) is 4.15. The largest absolute Gasteiger partial charge is 0.496 e. The number of nitrogens with one attached hydrogen (secondary N) is 1. The molecule has 0 aromatic heterocycles. The summed E-state index contributed by atoms with van der Waals surface area (Å²) < 4.78 is 15.6. The van der Waals surface area contributed by atoms with Crippen LogP contribution in [-0.2, 0) is 9.53 Å². The minimum atomic E-state index is -0.997. The summed E-state index contributed by atoms with van der Waals surface area (Å²) in [7, 11) is 2.92. The summed E-state index contributed by atoms with van der Waals surface area (Å²) in [6, 6.07) is 5.02. The highest BCUT2D eigenvalue weighted by Gasteiger charge is 2.40.